The van der Waals surface area contributed by atoms with Gasteiger partial charge in [0.15, 0.2) is 0 Å². The molecule has 0 saturated heterocycles. The minimum atomic E-state index is -1.01. The van der Waals surface area contributed by atoms with Crippen molar-refractivity contribution in [3.05, 3.63) is 340 Å². The Labute approximate surface area is 925 Å². The Kier molecular flexibility index (Phi) is 51.5. The Hall–Kier alpha value is -8.66. The number of anilines is 8. The predicted molar refractivity (Wildman–Crippen MR) is 620 cm³/mol. The van der Waals surface area contributed by atoms with Gasteiger partial charge in [-0.2, -0.15) is 0 Å². The maximum atomic E-state index is 2.48. The van der Waals surface area contributed by atoms with Gasteiger partial charge in [-0.3, -0.25) is 0 Å². The molecule has 0 spiro atoms. The third-order valence-electron chi connectivity index (χ3n) is 27.6. The van der Waals surface area contributed by atoms with Crippen molar-refractivity contribution in [3.63, 3.8) is 0 Å². The molecule has 0 aromatic heterocycles. The standard InChI is InChI=1S/2C60H68N4P2.C4H11N.5ClH.2Ru/c2*1-9-61(10-2)47-27-35-51(36-28-47)65(52-37-29-48(30-38-52)62(11-3)12-4)57-43-25-45-21-17-19-23-55(45)59(57)60-56-24-20-18-22-46(56)26-44-58(60)66(53-39-31-49(32-40-53)63(13-5)14-6)54-41-33-50(34-42-54)64(15-7)16-8;1-3-5-4-2;;;;;;;/h2*17-44H,9-16H2,1-8H3;5H,3-4H2,1-2H3;5*1H;;/q;;;;;;;;2*+2/p-4. The molecule has 2 N–H and O–H groups in total. The molecule has 0 saturated carbocycles. The molecular weight excluding hydrogens is 2120 g/mol. The second-order valence-electron chi connectivity index (χ2n) is 34.7. The van der Waals surface area contributed by atoms with Crippen LogP contribution in [0.4, 0.5) is 45.5 Å². The zero-order chi connectivity index (χ0) is 96.4. The summed E-state index contributed by atoms with van der Waals surface area (Å²) in [7, 11) is -4.05. The van der Waals surface area contributed by atoms with Crippen molar-refractivity contribution in [2.24, 2.45) is 0 Å². The van der Waals surface area contributed by atoms with E-state index in [-0.39, 0.29) is 101 Å². The Morgan fingerprint density at radius 3 is 0.396 bits per heavy atom. The number of benzene rings is 16. The van der Waals surface area contributed by atoms with Gasteiger partial charge >= 0.3 is 39.0 Å². The van der Waals surface area contributed by atoms with Gasteiger partial charge in [-0.25, -0.2) is 0 Å². The molecule has 0 aliphatic heterocycles. The zero-order valence-electron chi connectivity index (χ0n) is 87.6. The molecule has 760 valence electrons. The van der Waals surface area contributed by atoms with Crippen molar-refractivity contribution in [2.75, 3.05) is 157 Å². The van der Waals surface area contributed by atoms with E-state index in [1.807, 2.05) is 0 Å². The molecule has 0 aliphatic carbocycles. The van der Waals surface area contributed by atoms with Crippen LogP contribution in [0, 0.1) is 0 Å². The van der Waals surface area contributed by atoms with E-state index in [2.05, 4.69) is 509 Å². The van der Waals surface area contributed by atoms with Crippen molar-refractivity contribution in [1.29, 1.82) is 0 Å². The molecule has 16 aromatic rings. The largest absolute Gasteiger partial charge is 2.00 e. The van der Waals surface area contributed by atoms with Crippen molar-refractivity contribution >= 4 is 184 Å². The molecule has 9 nitrogen and oxygen atoms in total. The zero-order valence-corrected chi connectivity index (χ0v) is 98.4. The van der Waals surface area contributed by atoms with Gasteiger partial charge in [-0.05, 0) is 382 Å². The number of hydrogen-bond donors (Lipinski definition) is 1. The summed E-state index contributed by atoms with van der Waals surface area (Å²) < 4.78 is 0. The van der Waals surface area contributed by atoms with E-state index in [1.165, 1.54) is 188 Å². The third kappa shape index (κ3) is 27.9. The minimum absolute atomic E-state index is 0. The first-order valence-electron chi connectivity index (χ1n) is 51.1. The van der Waals surface area contributed by atoms with Crippen LogP contribution in [0.2, 0.25) is 0 Å². The Balaban J connectivity index is 0.000000356. The molecule has 0 unspecified atom stereocenters. The molecular formula is C124H148Cl5N9P4Ru2. The van der Waals surface area contributed by atoms with E-state index in [0.29, 0.717) is 0 Å². The summed E-state index contributed by atoms with van der Waals surface area (Å²) in [5.41, 5.74) is 15.6. The Bertz CT molecular complexity index is 5500. The normalized spacial score (nSPS) is 10.8. The van der Waals surface area contributed by atoms with E-state index in [9.17, 15) is 0 Å². The van der Waals surface area contributed by atoms with Gasteiger partial charge in [-0.15, -0.1) is 0 Å². The van der Waals surface area contributed by atoms with Gasteiger partial charge in [-0.1, -0.05) is 243 Å². The molecule has 20 heteroatoms. The van der Waals surface area contributed by atoms with Crippen LogP contribution in [-0.4, -0.2) is 118 Å². The van der Waals surface area contributed by atoms with Gasteiger partial charge < -0.3 is 107 Å². The summed E-state index contributed by atoms with van der Waals surface area (Å²) >= 11 is 0. The number of nitrogens with zero attached hydrogens (tertiary/aromatic N) is 8. The van der Waals surface area contributed by atoms with E-state index in [0.717, 1.165) is 105 Å². The molecule has 0 fully saturated rings. The summed E-state index contributed by atoms with van der Waals surface area (Å²) in [6.45, 7) is 58.4. The average Bonchev–Trinajstić information content (AvgIpc) is 0.731. The fraction of sp³-hybridized carbons (Fsp3) is 0.290. The monoisotopic (exact) mass is 2270 g/mol. The second kappa shape index (κ2) is 60.7. The van der Waals surface area contributed by atoms with Crippen LogP contribution in [0.1, 0.15) is 125 Å². The van der Waals surface area contributed by atoms with Crippen LogP contribution in [0.25, 0.3) is 65.3 Å². The summed E-state index contributed by atoms with van der Waals surface area (Å²) in [6.07, 6.45) is 0. The van der Waals surface area contributed by atoms with Gasteiger partial charge in [0.1, 0.15) is 0 Å². The number of rotatable bonds is 40. The smallest absolute Gasteiger partial charge is 1.00 e. The van der Waals surface area contributed by atoms with E-state index in [4.69, 9.17) is 0 Å². The van der Waals surface area contributed by atoms with E-state index >= 15 is 0 Å². The average molecular weight is 2270 g/mol. The first-order chi connectivity index (χ1) is 67.2. The fourth-order valence-electron chi connectivity index (χ4n) is 20.0. The van der Waals surface area contributed by atoms with Crippen LogP contribution >= 0.6 is 31.7 Å². The van der Waals surface area contributed by atoms with Crippen molar-refractivity contribution in [2.45, 2.75) is 125 Å². The third-order valence-corrected chi connectivity index (χ3v) is 37.5. The molecule has 16 aromatic carbocycles. The quantitative estimate of drug-likeness (QED) is 0.0301. The summed E-state index contributed by atoms with van der Waals surface area (Å²) in [5.74, 6) is 0. The van der Waals surface area contributed by atoms with E-state index in [1.54, 1.807) is 0 Å². The van der Waals surface area contributed by atoms with Crippen molar-refractivity contribution in [3.8, 4) is 22.3 Å². The van der Waals surface area contributed by atoms with Gasteiger partial charge in [0.25, 0.3) is 0 Å². The molecule has 0 aliphatic rings. The van der Waals surface area contributed by atoms with Crippen molar-refractivity contribution in [1.82, 2.24) is 0 Å². The van der Waals surface area contributed by atoms with Crippen LogP contribution in [-0.2, 0) is 39.0 Å². The summed E-state index contributed by atoms with van der Waals surface area (Å²) in [6, 6.07) is 132. The first-order valence-corrected chi connectivity index (χ1v) is 56.5. The summed E-state index contributed by atoms with van der Waals surface area (Å²) in [4.78, 5) is 19.6. The van der Waals surface area contributed by atoms with Gasteiger partial charge in [0.05, 0.1) is 13.1 Å². The van der Waals surface area contributed by atoms with Gasteiger partial charge in [0.2, 0.25) is 0 Å². The fourth-order valence-corrected chi connectivity index (χ4v) is 29.8. The molecule has 0 heterocycles. The Morgan fingerprint density at radius 1 is 0.160 bits per heavy atom. The van der Waals surface area contributed by atoms with Crippen molar-refractivity contribution < 1.29 is 106 Å². The number of fused-ring (bicyclic) bond motifs is 4. The Morgan fingerprint density at radius 2 is 0.285 bits per heavy atom. The number of nitrogens with two attached hydrogens (primary N) is 1. The maximum Gasteiger partial charge on any atom is 2.00 e. The second-order valence-corrected chi connectivity index (χ2v) is 43.4. The van der Waals surface area contributed by atoms with Crippen LogP contribution in [0.15, 0.2) is 340 Å². The molecule has 0 radical (unpaired) electrons. The molecule has 0 bridgehead atoms. The van der Waals surface area contributed by atoms with Crippen LogP contribution < -0.4 is 170 Å². The van der Waals surface area contributed by atoms with Crippen LogP contribution in [0.5, 0.6) is 0 Å². The SMILES string of the molecule is CCN(CC)c1ccc(P(c2ccc(N(CC)CC)cc2)c2ccc3ccccc3c2-c2c(P(c3ccc(N(CC)CC)cc3)c3ccc(N(CC)CC)cc3)ccc3ccccc23)cc1.CCN(CC)c1ccc(P(c2ccc(N(CC)CC)cc2)c2ccc3ccccc3c2-c2c(P(c3ccc(N(CC)CC)cc3)c3ccc(N(CC)CC)cc3)ccc3ccccc23)cc1.CC[NH2+]CC.[Cl-].[Cl-].[Cl-].[Cl-].[Cl-].[Ru+2].[Ru+2]. The molecule has 0 amide bonds. The predicted octanol–water partition coefficient (Wildman–Crippen LogP) is 9.73. The molecule has 16 rings (SSSR count). The van der Waals surface area contributed by atoms with E-state index < -0.39 is 31.7 Å². The summed E-state index contributed by atoms with van der Waals surface area (Å²) in [5, 5.41) is 28.9. The van der Waals surface area contributed by atoms with Gasteiger partial charge in [0, 0.05) is 150 Å². The first kappa shape index (κ1) is 122. The minimum Gasteiger partial charge on any atom is -1.00 e. The number of halogens is 5. The maximum absolute atomic E-state index is 2.48. The molecule has 144 heavy (non-hydrogen) atoms. The molecule has 0 atom stereocenters. The topological polar surface area (TPSA) is 42.5 Å². The number of quaternary nitrogens is 1. The number of hydrogen-bond acceptors (Lipinski definition) is 8. The van der Waals surface area contributed by atoms with Crippen LogP contribution in [0.3, 0.4) is 0 Å².